The quantitative estimate of drug-likeness (QED) is 0.365. The molecule has 0 radical (unpaired) electrons. The van der Waals surface area contributed by atoms with E-state index in [1.54, 1.807) is 11.3 Å². The highest BCUT2D eigenvalue weighted by atomic mass is 32.1. The average Bonchev–Trinajstić information content (AvgIpc) is 3.36. The number of carbonyl (C=O) groups is 1. The highest BCUT2D eigenvalue weighted by Crippen LogP contribution is 2.36. The van der Waals surface area contributed by atoms with Crippen molar-refractivity contribution in [3.05, 3.63) is 70.5 Å². The zero-order valence-electron chi connectivity index (χ0n) is 15.6. The molecule has 0 amide bonds. The van der Waals surface area contributed by atoms with Crippen molar-refractivity contribution >= 4 is 44.8 Å². The van der Waals surface area contributed by atoms with Crippen molar-refractivity contribution in [1.29, 1.82) is 0 Å². The summed E-state index contributed by atoms with van der Waals surface area (Å²) in [7, 11) is 0. The fourth-order valence-corrected chi connectivity index (χ4v) is 4.62. The molecular weight excluding hydrogens is 368 g/mol. The van der Waals surface area contributed by atoms with E-state index in [-0.39, 0.29) is 5.97 Å². The van der Waals surface area contributed by atoms with E-state index in [0.29, 0.717) is 12.2 Å². The van der Waals surface area contributed by atoms with Gasteiger partial charge in [-0.2, -0.15) is 11.3 Å². The lowest BCUT2D eigenvalue weighted by molar-refractivity contribution is 0.0528. The molecule has 4 nitrogen and oxygen atoms in total. The lowest BCUT2D eigenvalue weighted by Crippen LogP contribution is -2.09. The zero-order valence-corrected chi connectivity index (χ0v) is 16.4. The highest BCUT2D eigenvalue weighted by Gasteiger charge is 2.21. The maximum atomic E-state index is 12.7. The average molecular weight is 386 g/mol. The van der Waals surface area contributed by atoms with Gasteiger partial charge in [-0.25, -0.2) is 9.78 Å². The number of rotatable bonds is 3. The van der Waals surface area contributed by atoms with Gasteiger partial charge in [0.1, 0.15) is 5.65 Å². The van der Waals surface area contributed by atoms with Crippen molar-refractivity contribution in [3.8, 4) is 11.1 Å². The van der Waals surface area contributed by atoms with Crippen LogP contribution < -0.4 is 0 Å². The Labute approximate surface area is 166 Å². The SMILES string of the molecule is CCOC(=O)c1c(C)c2cc3c(-c4ccsc4)ccnc3n2c2ccccc12. The Bertz CT molecular complexity index is 1350. The first-order valence-corrected chi connectivity index (χ1v) is 10.2. The second-order valence-electron chi connectivity index (χ2n) is 6.71. The fourth-order valence-electron chi connectivity index (χ4n) is 3.96. The minimum absolute atomic E-state index is 0.282. The van der Waals surface area contributed by atoms with Crippen LogP contribution in [-0.2, 0) is 4.74 Å². The summed E-state index contributed by atoms with van der Waals surface area (Å²) in [5, 5.41) is 6.18. The summed E-state index contributed by atoms with van der Waals surface area (Å²) in [5.74, 6) is -0.282. The third-order valence-electron chi connectivity index (χ3n) is 5.19. The Hall–Kier alpha value is -3.18. The molecule has 4 heterocycles. The van der Waals surface area contributed by atoms with Crippen LogP contribution in [0.15, 0.2) is 59.4 Å². The standard InChI is InChI=1S/C23H18N2O2S/c1-3-27-23(26)21-14(2)20-12-18-16(15-9-11-28-13-15)8-10-24-22(18)25(20)19-7-5-4-6-17(19)21/h4-13H,3H2,1-2H3. The lowest BCUT2D eigenvalue weighted by atomic mass is 10.0. The molecule has 0 N–H and O–H groups in total. The molecule has 138 valence electrons. The van der Waals surface area contributed by atoms with Gasteiger partial charge in [-0.1, -0.05) is 18.2 Å². The number of aromatic nitrogens is 2. The van der Waals surface area contributed by atoms with E-state index < -0.39 is 0 Å². The van der Waals surface area contributed by atoms with Crippen LogP contribution in [0, 0.1) is 6.92 Å². The van der Waals surface area contributed by atoms with E-state index in [2.05, 4.69) is 27.3 Å². The second kappa shape index (κ2) is 6.46. The molecule has 0 bridgehead atoms. The minimum atomic E-state index is -0.282. The first-order chi connectivity index (χ1) is 13.7. The predicted molar refractivity (Wildman–Crippen MR) is 114 cm³/mol. The van der Waals surface area contributed by atoms with Gasteiger partial charge < -0.3 is 4.74 Å². The van der Waals surface area contributed by atoms with Crippen LogP contribution >= 0.6 is 11.3 Å². The predicted octanol–water partition coefficient (Wildman–Crippen LogP) is 5.85. The van der Waals surface area contributed by atoms with Crippen molar-refractivity contribution in [2.24, 2.45) is 0 Å². The summed E-state index contributed by atoms with van der Waals surface area (Å²) in [5.41, 5.74) is 6.70. The molecule has 0 fully saturated rings. The molecule has 4 aromatic heterocycles. The van der Waals surface area contributed by atoms with Crippen LogP contribution in [0.25, 0.3) is 38.6 Å². The lowest BCUT2D eigenvalue weighted by Gasteiger charge is -2.13. The van der Waals surface area contributed by atoms with Gasteiger partial charge in [0.2, 0.25) is 0 Å². The molecule has 5 heteroatoms. The minimum Gasteiger partial charge on any atom is -0.462 e. The number of esters is 1. The topological polar surface area (TPSA) is 43.6 Å². The molecule has 0 spiro atoms. The molecule has 0 unspecified atom stereocenters. The number of hydrogen-bond donors (Lipinski definition) is 0. The third kappa shape index (κ3) is 2.36. The van der Waals surface area contributed by atoms with Crippen LogP contribution in [0.2, 0.25) is 0 Å². The number of fused-ring (bicyclic) bond motifs is 5. The summed E-state index contributed by atoms with van der Waals surface area (Å²) < 4.78 is 7.51. The maximum Gasteiger partial charge on any atom is 0.339 e. The molecule has 5 aromatic rings. The Kier molecular flexibility index (Phi) is 3.91. The van der Waals surface area contributed by atoms with E-state index in [0.717, 1.165) is 38.6 Å². The van der Waals surface area contributed by atoms with Crippen molar-refractivity contribution in [1.82, 2.24) is 9.38 Å². The molecule has 5 rings (SSSR count). The Morgan fingerprint density at radius 1 is 1.14 bits per heavy atom. The first-order valence-electron chi connectivity index (χ1n) is 9.22. The van der Waals surface area contributed by atoms with Crippen molar-refractivity contribution < 1.29 is 9.53 Å². The van der Waals surface area contributed by atoms with E-state index in [1.165, 1.54) is 5.56 Å². The molecule has 1 aromatic carbocycles. The molecule has 0 aliphatic heterocycles. The summed E-state index contributed by atoms with van der Waals surface area (Å²) >= 11 is 1.68. The summed E-state index contributed by atoms with van der Waals surface area (Å²) in [6.45, 7) is 4.17. The number of hydrogen-bond acceptors (Lipinski definition) is 4. The third-order valence-corrected chi connectivity index (χ3v) is 5.87. The Morgan fingerprint density at radius 2 is 2.00 bits per heavy atom. The molecular formula is C23H18N2O2S. The van der Waals surface area contributed by atoms with Gasteiger partial charge in [0, 0.05) is 17.0 Å². The van der Waals surface area contributed by atoms with Gasteiger partial charge in [0.05, 0.1) is 23.2 Å². The van der Waals surface area contributed by atoms with Gasteiger partial charge in [-0.3, -0.25) is 4.40 Å². The van der Waals surface area contributed by atoms with Gasteiger partial charge in [-0.05, 0) is 65.6 Å². The molecule has 0 atom stereocenters. The largest absolute Gasteiger partial charge is 0.462 e. The van der Waals surface area contributed by atoms with Crippen molar-refractivity contribution in [2.75, 3.05) is 6.61 Å². The maximum absolute atomic E-state index is 12.7. The zero-order chi connectivity index (χ0) is 19.3. The Balaban J connectivity index is 1.96. The van der Waals surface area contributed by atoms with Crippen LogP contribution in [0.4, 0.5) is 0 Å². The number of ether oxygens (including phenoxy) is 1. The molecule has 0 saturated carbocycles. The number of nitrogens with zero attached hydrogens (tertiary/aromatic N) is 2. The van der Waals surface area contributed by atoms with Crippen molar-refractivity contribution in [2.45, 2.75) is 13.8 Å². The van der Waals surface area contributed by atoms with Gasteiger partial charge in [-0.15, -0.1) is 0 Å². The number of pyridine rings is 2. The Morgan fingerprint density at radius 3 is 2.79 bits per heavy atom. The summed E-state index contributed by atoms with van der Waals surface area (Å²) in [4.78, 5) is 17.4. The number of thiophene rings is 1. The van der Waals surface area contributed by atoms with Gasteiger partial charge in [0.25, 0.3) is 0 Å². The normalized spacial score (nSPS) is 11.5. The van der Waals surface area contributed by atoms with Gasteiger partial charge >= 0.3 is 5.97 Å². The van der Waals surface area contributed by atoms with E-state index in [1.807, 2.05) is 50.4 Å². The van der Waals surface area contributed by atoms with Crippen LogP contribution in [0.3, 0.4) is 0 Å². The van der Waals surface area contributed by atoms with Gasteiger partial charge in [0.15, 0.2) is 0 Å². The highest BCUT2D eigenvalue weighted by molar-refractivity contribution is 7.08. The van der Waals surface area contributed by atoms with Crippen LogP contribution in [0.1, 0.15) is 22.8 Å². The number of aryl methyl sites for hydroxylation is 1. The summed E-state index contributed by atoms with van der Waals surface area (Å²) in [6.07, 6.45) is 1.85. The molecule has 0 saturated heterocycles. The van der Waals surface area contributed by atoms with Crippen LogP contribution in [0.5, 0.6) is 0 Å². The molecule has 0 aliphatic rings. The smallest absolute Gasteiger partial charge is 0.339 e. The number of benzene rings is 1. The monoisotopic (exact) mass is 386 g/mol. The molecule has 28 heavy (non-hydrogen) atoms. The van der Waals surface area contributed by atoms with E-state index >= 15 is 0 Å². The fraction of sp³-hybridized carbons (Fsp3) is 0.130. The summed E-state index contributed by atoms with van der Waals surface area (Å²) in [6, 6.07) is 14.3. The van der Waals surface area contributed by atoms with E-state index in [9.17, 15) is 4.79 Å². The first kappa shape index (κ1) is 17.0. The second-order valence-corrected chi connectivity index (χ2v) is 7.49. The van der Waals surface area contributed by atoms with Crippen molar-refractivity contribution in [3.63, 3.8) is 0 Å². The van der Waals surface area contributed by atoms with Crippen LogP contribution in [-0.4, -0.2) is 22.0 Å². The number of carbonyl (C=O) groups excluding carboxylic acids is 1. The van der Waals surface area contributed by atoms with E-state index in [4.69, 9.17) is 9.72 Å². The number of para-hydroxylation sites is 1. The molecule has 0 aliphatic carbocycles.